The molecule has 0 atom stereocenters. The van der Waals surface area contributed by atoms with Gasteiger partial charge in [-0.2, -0.15) is 12.6 Å². The predicted octanol–water partition coefficient (Wildman–Crippen LogP) is 2.22. The van der Waals surface area contributed by atoms with Crippen LogP contribution in [0.15, 0.2) is 12.1 Å². The molecule has 0 saturated carbocycles. The number of rotatable bonds is 2. The van der Waals surface area contributed by atoms with Crippen LogP contribution in [-0.2, 0) is 5.75 Å². The van der Waals surface area contributed by atoms with Crippen LogP contribution in [0.3, 0.4) is 0 Å². The summed E-state index contributed by atoms with van der Waals surface area (Å²) in [5.74, 6) is 3.15. The van der Waals surface area contributed by atoms with Gasteiger partial charge in [-0.25, -0.2) is 0 Å². The fourth-order valence-electron chi connectivity index (χ4n) is 1.18. The first kappa shape index (κ1) is 9.88. The molecule has 0 radical (unpaired) electrons. The van der Waals surface area contributed by atoms with Crippen LogP contribution in [0.4, 0.5) is 0 Å². The SMILES string of the molecule is C#Cc1cc(C=O)cc(CS)c1C. The van der Waals surface area contributed by atoms with Crippen LogP contribution in [0.2, 0.25) is 0 Å². The molecular weight excluding hydrogens is 180 g/mol. The molecule has 0 fully saturated rings. The molecule has 66 valence electrons. The van der Waals surface area contributed by atoms with Crippen LogP contribution < -0.4 is 0 Å². The number of benzene rings is 1. The molecule has 0 heterocycles. The minimum atomic E-state index is 0.599. The third-order valence-corrected chi connectivity index (χ3v) is 2.34. The Labute approximate surface area is 83.6 Å². The Morgan fingerprint density at radius 3 is 2.77 bits per heavy atom. The van der Waals surface area contributed by atoms with Crippen molar-refractivity contribution in [1.29, 1.82) is 0 Å². The maximum Gasteiger partial charge on any atom is 0.150 e. The van der Waals surface area contributed by atoms with E-state index in [0.717, 1.165) is 23.0 Å². The molecule has 0 aromatic heterocycles. The lowest BCUT2D eigenvalue weighted by Gasteiger charge is -2.06. The van der Waals surface area contributed by atoms with Crippen LogP contribution >= 0.6 is 12.6 Å². The first-order chi connectivity index (χ1) is 6.22. The molecule has 0 amide bonds. The summed E-state index contributed by atoms with van der Waals surface area (Å²) in [6, 6.07) is 3.53. The van der Waals surface area contributed by atoms with E-state index >= 15 is 0 Å². The Morgan fingerprint density at radius 2 is 2.31 bits per heavy atom. The summed E-state index contributed by atoms with van der Waals surface area (Å²) in [6.07, 6.45) is 6.11. The average molecular weight is 190 g/mol. The molecule has 0 unspecified atom stereocenters. The van der Waals surface area contributed by atoms with Gasteiger partial charge in [-0.3, -0.25) is 4.79 Å². The molecule has 0 aliphatic carbocycles. The van der Waals surface area contributed by atoms with Crippen molar-refractivity contribution in [2.45, 2.75) is 12.7 Å². The third kappa shape index (κ3) is 1.93. The molecular formula is C11H10OS. The number of carbonyl (C=O) groups excluding carboxylic acids is 1. The lowest BCUT2D eigenvalue weighted by Crippen LogP contribution is -1.93. The number of hydrogen-bond donors (Lipinski definition) is 1. The highest BCUT2D eigenvalue weighted by Gasteiger charge is 2.03. The Bertz CT molecular complexity index is 374. The van der Waals surface area contributed by atoms with E-state index in [1.165, 1.54) is 0 Å². The summed E-state index contributed by atoms with van der Waals surface area (Å²) in [5.41, 5.74) is 3.43. The molecule has 0 aliphatic heterocycles. The molecule has 1 aromatic carbocycles. The molecule has 0 spiro atoms. The van der Waals surface area contributed by atoms with E-state index in [9.17, 15) is 4.79 Å². The Morgan fingerprint density at radius 1 is 1.62 bits per heavy atom. The van der Waals surface area contributed by atoms with Gasteiger partial charge in [0.2, 0.25) is 0 Å². The molecule has 1 nitrogen and oxygen atoms in total. The number of aldehydes is 1. The van der Waals surface area contributed by atoms with Crippen LogP contribution in [0.5, 0.6) is 0 Å². The van der Waals surface area contributed by atoms with E-state index in [1.807, 2.05) is 13.0 Å². The van der Waals surface area contributed by atoms with E-state index in [-0.39, 0.29) is 0 Å². The van der Waals surface area contributed by atoms with Gasteiger partial charge >= 0.3 is 0 Å². The molecule has 2 heteroatoms. The van der Waals surface area contributed by atoms with E-state index in [0.29, 0.717) is 11.3 Å². The zero-order valence-corrected chi connectivity index (χ0v) is 8.27. The van der Waals surface area contributed by atoms with Crippen molar-refractivity contribution in [2.75, 3.05) is 0 Å². The first-order valence-electron chi connectivity index (χ1n) is 3.89. The zero-order valence-electron chi connectivity index (χ0n) is 7.37. The third-order valence-electron chi connectivity index (χ3n) is 2.00. The first-order valence-corrected chi connectivity index (χ1v) is 4.52. The standard InChI is InChI=1S/C11H10OS/c1-3-10-4-9(6-12)5-11(7-13)8(10)2/h1,4-6,13H,7H2,2H3. The Hall–Kier alpha value is -1.20. The highest BCUT2D eigenvalue weighted by atomic mass is 32.1. The largest absolute Gasteiger partial charge is 0.298 e. The maximum atomic E-state index is 10.6. The van der Waals surface area contributed by atoms with Gasteiger partial charge in [-0.1, -0.05) is 5.92 Å². The van der Waals surface area contributed by atoms with E-state index in [2.05, 4.69) is 18.5 Å². The van der Waals surface area contributed by atoms with E-state index in [1.54, 1.807) is 6.07 Å². The quantitative estimate of drug-likeness (QED) is 0.430. The highest BCUT2D eigenvalue weighted by molar-refractivity contribution is 7.79. The van der Waals surface area contributed by atoms with Gasteiger partial charge in [0, 0.05) is 16.9 Å². The minimum absolute atomic E-state index is 0.599. The number of thiol groups is 1. The minimum Gasteiger partial charge on any atom is -0.298 e. The number of terminal acetylenes is 1. The summed E-state index contributed by atoms with van der Waals surface area (Å²) >= 11 is 4.17. The molecule has 1 aromatic rings. The van der Waals surface area contributed by atoms with Crippen LogP contribution in [0.1, 0.15) is 27.0 Å². The van der Waals surface area contributed by atoms with Crippen molar-refractivity contribution in [3.05, 3.63) is 34.4 Å². The van der Waals surface area contributed by atoms with Gasteiger partial charge in [-0.15, -0.1) is 6.42 Å². The van der Waals surface area contributed by atoms with Crippen LogP contribution in [-0.4, -0.2) is 6.29 Å². The van der Waals surface area contributed by atoms with Crippen molar-refractivity contribution >= 4 is 18.9 Å². The molecule has 0 bridgehead atoms. The van der Waals surface area contributed by atoms with Gasteiger partial charge in [0.1, 0.15) is 6.29 Å². The number of carbonyl (C=O) groups is 1. The maximum absolute atomic E-state index is 10.6. The van der Waals surface area contributed by atoms with Crippen LogP contribution in [0, 0.1) is 19.3 Å². The lowest BCUT2D eigenvalue weighted by atomic mass is 10.0. The summed E-state index contributed by atoms with van der Waals surface area (Å²) in [7, 11) is 0. The highest BCUT2D eigenvalue weighted by Crippen LogP contribution is 2.17. The van der Waals surface area contributed by atoms with Crippen molar-refractivity contribution in [3.8, 4) is 12.3 Å². The molecule has 0 N–H and O–H groups in total. The van der Waals surface area contributed by atoms with Crippen molar-refractivity contribution in [3.63, 3.8) is 0 Å². The van der Waals surface area contributed by atoms with Gasteiger partial charge in [-0.05, 0) is 30.2 Å². The van der Waals surface area contributed by atoms with Gasteiger partial charge in [0.25, 0.3) is 0 Å². The second-order valence-electron chi connectivity index (χ2n) is 2.77. The Balaban J connectivity index is 3.39. The van der Waals surface area contributed by atoms with Crippen molar-refractivity contribution in [1.82, 2.24) is 0 Å². The molecule has 0 aliphatic rings. The predicted molar refractivity (Wildman–Crippen MR) is 57.2 cm³/mol. The smallest absolute Gasteiger partial charge is 0.150 e. The number of hydrogen-bond acceptors (Lipinski definition) is 2. The average Bonchev–Trinajstić information content (AvgIpc) is 2.18. The second kappa shape index (κ2) is 4.15. The lowest BCUT2D eigenvalue weighted by molar-refractivity contribution is 0.112. The summed E-state index contributed by atoms with van der Waals surface area (Å²) < 4.78 is 0. The monoisotopic (exact) mass is 190 g/mol. The topological polar surface area (TPSA) is 17.1 Å². The van der Waals surface area contributed by atoms with Crippen molar-refractivity contribution in [2.24, 2.45) is 0 Å². The fourth-order valence-corrected chi connectivity index (χ4v) is 1.51. The summed E-state index contributed by atoms with van der Waals surface area (Å²) in [4.78, 5) is 10.6. The second-order valence-corrected chi connectivity index (χ2v) is 3.09. The zero-order chi connectivity index (χ0) is 9.84. The van der Waals surface area contributed by atoms with Gasteiger partial charge in [0.05, 0.1) is 0 Å². The van der Waals surface area contributed by atoms with E-state index < -0.39 is 0 Å². The van der Waals surface area contributed by atoms with Gasteiger partial charge < -0.3 is 0 Å². The molecule has 13 heavy (non-hydrogen) atoms. The van der Waals surface area contributed by atoms with Crippen molar-refractivity contribution < 1.29 is 4.79 Å². The normalized spacial score (nSPS) is 9.31. The fraction of sp³-hybridized carbons (Fsp3) is 0.182. The van der Waals surface area contributed by atoms with E-state index in [4.69, 9.17) is 6.42 Å². The summed E-state index contributed by atoms with van der Waals surface area (Å²) in [6.45, 7) is 1.94. The molecule has 1 rings (SSSR count). The van der Waals surface area contributed by atoms with Gasteiger partial charge in [0.15, 0.2) is 0 Å². The summed E-state index contributed by atoms with van der Waals surface area (Å²) in [5, 5.41) is 0. The van der Waals surface area contributed by atoms with Crippen LogP contribution in [0.25, 0.3) is 0 Å². The Kier molecular flexibility index (Phi) is 3.16. The molecule has 0 saturated heterocycles.